The molecule has 3 rings (SSSR count). The van der Waals surface area contributed by atoms with E-state index in [9.17, 15) is 14.4 Å². The van der Waals surface area contributed by atoms with Gasteiger partial charge in [-0.05, 0) is 11.1 Å². The monoisotopic (exact) mass is 354 g/mol. The van der Waals surface area contributed by atoms with E-state index in [2.05, 4.69) is 9.97 Å². The SMILES string of the molecule is O=S(CC(O)c1ccccc1)c1nccnc1C(O)c1ccccc1. The zero-order valence-corrected chi connectivity index (χ0v) is 14.2. The van der Waals surface area contributed by atoms with E-state index in [0.29, 0.717) is 11.1 Å². The minimum atomic E-state index is -1.60. The fourth-order valence-corrected chi connectivity index (χ4v) is 3.70. The molecule has 128 valence electrons. The maximum atomic E-state index is 12.7. The first-order valence-corrected chi connectivity index (χ1v) is 9.14. The summed E-state index contributed by atoms with van der Waals surface area (Å²) in [5.74, 6) is -0.0167. The average molecular weight is 354 g/mol. The van der Waals surface area contributed by atoms with Gasteiger partial charge in [0.15, 0.2) is 5.03 Å². The molecule has 0 radical (unpaired) electrons. The lowest BCUT2D eigenvalue weighted by Gasteiger charge is -2.15. The molecule has 3 unspecified atom stereocenters. The van der Waals surface area contributed by atoms with Gasteiger partial charge in [0.25, 0.3) is 0 Å². The van der Waals surface area contributed by atoms with E-state index in [1.54, 1.807) is 24.3 Å². The number of aliphatic hydroxyl groups excluding tert-OH is 2. The molecule has 0 saturated carbocycles. The molecule has 0 amide bonds. The van der Waals surface area contributed by atoms with Crippen LogP contribution in [-0.4, -0.2) is 30.1 Å². The van der Waals surface area contributed by atoms with Crippen molar-refractivity contribution in [1.29, 1.82) is 0 Å². The van der Waals surface area contributed by atoms with Crippen LogP contribution in [0.5, 0.6) is 0 Å². The smallest absolute Gasteiger partial charge is 0.151 e. The fraction of sp³-hybridized carbons (Fsp3) is 0.158. The Balaban J connectivity index is 1.84. The standard InChI is InChI=1S/C19H18N2O3S/c22-16(14-7-3-1-4-8-14)13-25(24)19-17(20-11-12-21-19)18(23)15-9-5-2-6-10-15/h1-12,16,18,22-23H,13H2. The van der Waals surface area contributed by atoms with Crippen molar-refractivity contribution in [1.82, 2.24) is 9.97 Å². The van der Waals surface area contributed by atoms with Gasteiger partial charge in [-0.25, -0.2) is 4.98 Å². The molecule has 0 saturated heterocycles. The Morgan fingerprint density at radius 2 is 1.40 bits per heavy atom. The van der Waals surface area contributed by atoms with Crippen LogP contribution in [0.2, 0.25) is 0 Å². The summed E-state index contributed by atoms with van der Waals surface area (Å²) in [5, 5.41) is 21.1. The molecule has 3 atom stereocenters. The quantitative estimate of drug-likeness (QED) is 0.710. The number of hydrogen-bond donors (Lipinski definition) is 2. The highest BCUT2D eigenvalue weighted by molar-refractivity contribution is 7.85. The lowest BCUT2D eigenvalue weighted by atomic mass is 10.1. The molecular weight excluding hydrogens is 336 g/mol. The molecule has 6 heteroatoms. The molecule has 0 aliphatic carbocycles. The summed E-state index contributed by atoms with van der Waals surface area (Å²) in [5.41, 5.74) is 1.57. The fourth-order valence-electron chi connectivity index (χ4n) is 2.49. The van der Waals surface area contributed by atoms with Crippen molar-refractivity contribution >= 4 is 10.8 Å². The highest BCUT2D eigenvalue weighted by atomic mass is 32.2. The first-order chi connectivity index (χ1) is 12.2. The summed E-state index contributed by atoms with van der Waals surface area (Å²) in [4.78, 5) is 8.31. The van der Waals surface area contributed by atoms with E-state index in [4.69, 9.17) is 0 Å². The molecule has 3 aromatic rings. The number of aromatic nitrogens is 2. The zero-order valence-electron chi connectivity index (χ0n) is 13.4. The summed E-state index contributed by atoms with van der Waals surface area (Å²) >= 11 is 0. The van der Waals surface area contributed by atoms with Gasteiger partial charge in [0, 0.05) is 12.4 Å². The van der Waals surface area contributed by atoms with E-state index >= 15 is 0 Å². The van der Waals surface area contributed by atoms with Gasteiger partial charge >= 0.3 is 0 Å². The molecule has 0 aliphatic heterocycles. The number of benzene rings is 2. The second-order valence-electron chi connectivity index (χ2n) is 5.50. The van der Waals surface area contributed by atoms with E-state index in [1.165, 1.54) is 12.4 Å². The lowest BCUT2D eigenvalue weighted by Crippen LogP contribution is -2.15. The summed E-state index contributed by atoms with van der Waals surface area (Å²) in [6.07, 6.45) is 0.979. The molecule has 5 nitrogen and oxygen atoms in total. The van der Waals surface area contributed by atoms with Crippen LogP contribution in [0.1, 0.15) is 29.0 Å². The summed E-state index contributed by atoms with van der Waals surface area (Å²) in [6, 6.07) is 18.0. The van der Waals surface area contributed by atoms with Crippen LogP contribution in [0.4, 0.5) is 0 Å². The maximum Gasteiger partial charge on any atom is 0.151 e. The number of hydrogen-bond acceptors (Lipinski definition) is 5. The predicted octanol–water partition coefficient (Wildman–Crippen LogP) is 2.40. The number of rotatable bonds is 6. The van der Waals surface area contributed by atoms with Crippen LogP contribution in [0.15, 0.2) is 78.1 Å². The van der Waals surface area contributed by atoms with Crippen molar-refractivity contribution in [3.05, 3.63) is 89.9 Å². The van der Waals surface area contributed by atoms with Crippen LogP contribution in [0.25, 0.3) is 0 Å². The van der Waals surface area contributed by atoms with Gasteiger partial charge < -0.3 is 10.2 Å². The Labute approximate surface area is 148 Å². The molecule has 25 heavy (non-hydrogen) atoms. The second kappa shape index (κ2) is 8.11. The van der Waals surface area contributed by atoms with Crippen LogP contribution in [0.3, 0.4) is 0 Å². The minimum absolute atomic E-state index is 0.0167. The van der Waals surface area contributed by atoms with Gasteiger partial charge in [0.05, 0.1) is 22.7 Å². The van der Waals surface area contributed by atoms with E-state index in [-0.39, 0.29) is 16.5 Å². The van der Waals surface area contributed by atoms with Crippen LogP contribution < -0.4 is 0 Å². The largest absolute Gasteiger partial charge is 0.387 e. The Bertz CT molecular complexity index is 844. The first-order valence-electron chi connectivity index (χ1n) is 7.82. The number of nitrogens with zero attached hydrogens (tertiary/aromatic N) is 2. The van der Waals surface area contributed by atoms with Gasteiger partial charge in [-0.1, -0.05) is 60.7 Å². The van der Waals surface area contributed by atoms with Gasteiger partial charge in [-0.15, -0.1) is 0 Å². The third kappa shape index (κ3) is 4.17. The first kappa shape index (κ1) is 17.4. The van der Waals surface area contributed by atoms with Crippen molar-refractivity contribution in [3.8, 4) is 0 Å². The predicted molar refractivity (Wildman–Crippen MR) is 95.2 cm³/mol. The van der Waals surface area contributed by atoms with Crippen LogP contribution >= 0.6 is 0 Å². The van der Waals surface area contributed by atoms with Crippen LogP contribution in [0, 0.1) is 0 Å². The van der Waals surface area contributed by atoms with Gasteiger partial charge in [-0.3, -0.25) is 9.19 Å². The molecule has 0 aliphatic rings. The van der Waals surface area contributed by atoms with Crippen LogP contribution in [-0.2, 0) is 10.8 Å². The molecule has 1 aromatic heterocycles. The van der Waals surface area contributed by atoms with Crippen molar-refractivity contribution in [3.63, 3.8) is 0 Å². The minimum Gasteiger partial charge on any atom is -0.387 e. The highest BCUT2D eigenvalue weighted by Crippen LogP contribution is 2.25. The van der Waals surface area contributed by atoms with Gasteiger partial charge in [0.2, 0.25) is 0 Å². The third-order valence-electron chi connectivity index (χ3n) is 3.77. The van der Waals surface area contributed by atoms with E-state index in [1.807, 2.05) is 36.4 Å². The second-order valence-corrected chi connectivity index (χ2v) is 6.91. The average Bonchev–Trinajstić information content (AvgIpc) is 2.68. The van der Waals surface area contributed by atoms with Crippen molar-refractivity contribution in [2.24, 2.45) is 0 Å². The number of aliphatic hydroxyl groups is 2. The van der Waals surface area contributed by atoms with E-state index in [0.717, 1.165) is 0 Å². The summed E-state index contributed by atoms with van der Waals surface area (Å²) in [6.45, 7) is 0. The third-order valence-corrected chi connectivity index (χ3v) is 5.14. The topological polar surface area (TPSA) is 83.3 Å². The summed E-state index contributed by atoms with van der Waals surface area (Å²) < 4.78 is 12.7. The Morgan fingerprint density at radius 3 is 2.04 bits per heavy atom. The van der Waals surface area contributed by atoms with Crippen molar-refractivity contribution in [2.45, 2.75) is 17.2 Å². The Kier molecular flexibility index (Phi) is 5.65. The van der Waals surface area contributed by atoms with Gasteiger partial charge in [-0.2, -0.15) is 0 Å². The van der Waals surface area contributed by atoms with E-state index < -0.39 is 23.0 Å². The van der Waals surface area contributed by atoms with Crippen molar-refractivity contribution in [2.75, 3.05) is 5.75 Å². The zero-order chi connectivity index (χ0) is 17.6. The maximum absolute atomic E-state index is 12.7. The molecular formula is C19H18N2O3S. The molecule has 2 N–H and O–H groups in total. The highest BCUT2D eigenvalue weighted by Gasteiger charge is 2.23. The normalized spacial score (nSPS) is 14.6. The van der Waals surface area contributed by atoms with Crippen molar-refractivity contribution < 1.29 is 14.4 Å². The lowest BCUT2D eigenvalue weighted by molar-refractivity contribution is 0.202. The Hall–Kier alpha value is -2.41. The molecule has 1 heterocycles. The summed E-state index contributed by atoms with van der Waals surface area (Å²) in [7, 11) is -1.60. The molecule has 0 bridgehead atoms. The Morgan fingerprint density at radius 1 is 0.840 bits per heavy atom. The molecule has 2 aromatic carbocycles. The van der Waals surface area contributed by atoms with Gasteiger partial charge in [0.1, 0.15) is 11.8 Å². The molecule has 0 spiro atoms. The molecule has 0 fully saturated rings.